The van der Waals surface area contributed by atoms with Gasteiger partial charge in [-0.15, -0.1) is 0 Å². The molecule has 3 nitrogen and oxygen atoms in total. The number of benzene rings is 10. The number of hydrogen-bond acceptors (Lipinski definition) is 2. The Balaban J connectivity index is 1.04. The highest BCUT2D eigenvalue weighted by Gasteiger charge is 2.20. The maximum atomic E-state index is 5.34. The molecule has 0 bridgehead atoms. The molecule has 0 spiro atoms. The zero-order valence-electron chi connectivity index (χ0n) is 33.2. The van der Waals surface area contributed by atoms with Crippen LogP contribution in [0, 0.1) is 0 Å². The van der Waals surface area contributed by atoms with Crippen molar-refractivity contribution in [1.82, 2.24) is 14.5 Å². The summed E-state index contributed by atoms with van der Waals surface area (Å²) >= 11 is 0. The van der Waals surface area contributed by atoms with Gasteiger partial charge in [-0.25, -0.2) is 9.97 Å². The van der Waals surface area contributed by atoms with Gasteiger partial charge in [-0.3, -0.25) is 0 Å². The minimum Gasteiger partial charge on any atom is -0.309 e. The van der Waals surface area contributed by atoms with Gasteiger partial charge in [-0.2, -0.15) is 0 Å². The molecule has 0 aliphatic rings. The van der Waals surface area contributed by atoms with Crippen molar-refractivity contribution in [2.75, 3.05) is 0 Å². The summed E-state index contributed by atoms with van der Waals surface area (Å²) in [6, 6.07) is 80.4. The van der Waals surface area contributed by atoms with Crippen molar-refractivity contribution in [3.8, 4) is 61.8 Å². The van der Waals surface area contributed by atoms with Crippen molar-refractivity contribution in [2.45, 2.75) is 0 Å². The van der Waals surface area contributed by atoms with Crippen molar-refractivity contribution in [3.63, 3.8) is 0 Å². The third-order valence-electron chi connectivity index (χ3n) is 12.2. The molecule has 61 heavy (non-hydrogen) atoms. The highest BCUT2D eigenvalue weighted by molar-refractivity contribution is 6.21. The molecule has 12 aromatic rings. The van der Waals surface area contributed by atoms with Crippen LogP contribution < -0.4 is 0 Å². The molecule has 0 fully saturated rings. The van der Waals surface area contributed by atoms with E-state index in [-0.39, 0.29) is 0 Å². The van der Waals surface area contributed by atoms with Crippen LogP contribution in [0.3, 0.4) is 0 Å². The van der Waals surface area contributed by atoms with E-state index >= 15 is 0 Å². The molecule has 2 aromatic heterocycles. The van der Waals surface area contributed by atoms with Gasteiger partial charge in [0.2, 0.25) is 0 Å². The Morgan fingerprint density at radius 2 is 0.918 bits per heavy atom. The van der Waals surface area contributed by atoms with E-state index in [1.54, 1.807) is 0 Å². The zero-order chi connectivity index (χ0) is 40.3. The third kappa shape index (κ3) is 5.82. The summed E-state index contributed by atoms with van der Waals surface area (Å²) in [4.78, 5) is 10.6. The summed E-state index contributed by atoms with van der Waals surface area (Å²) in [5.41, 5.74) is 13.0. The molecule has 0 N–H and O–H groups in total. The maximum Gasteiger partial charge on any atom is 0.160 e. The predicted molar refractivity (Wildman–Crippen MR) is 256 cm³/mol. The van der Waals surface area contributed by atoms with Crippen molar-refractivity contribution >= 4 is 54.1 Å². The van der Waals surface area contributed by atoms with E-state index in [0.29, 0.717) is 5.82 Å². The Hall–Kier alpha value is -8.14. The van der Waals surface area contributed by atoms with Gasteiger partial charge in [0.15, 0.2) is 5.82 Å². The predicted octanol–water partition coefficient (Wildman–Crippen LogP) is 15.4. The first-order valence-corrected chi connectivity index (χ1v) is 20.8. The van der Waals surface area contributed by atoms with Gasteiger partial charge in [0.1, 0.15) is 0 Å². The molecule has 0 atom stereocenters. The summed E-state index contributed by atoms with van der Waals surface area (Å²) in [6.07, 6.45) is 0. The van der Waals surface area contributed by atoms with Crippen LogP contribution in [-0.2, 0) is 0 Å². The smallest absolute Gasteiger partial charge is 0.160 e. The normalized spacial score (nSPS) is 11.6. The average molecular weight is 776 g/mol. The van der Waals surface area contributed by atoms with Gasteiger partial charge in [0, 0.05) is 38.7 Å². The standard InChI is InChI=1S/C58H37N3/c1-3-17-41(18-4-1)58-59-53(40-32-30-39(31-33-40)46-27-15-28-51-48-25-13-14-29-55(48)61(57(46)51)43-20-5-2-6-21-43)37-54(60-58)47-24-11-12-26-49(47)56-45-23-10-8-19-42(45)36-52-44-22-9-7-16-38(44)34-35-50(52)56/h1-37H. The van der Waals surface area contributed by atoms with E-state index in [1.807, 2.05) is 6.07 Å². The first-order chi connectivity index (χ1) is 30.3. The maximum absolute atomic E-state index is 5.34. The Morgan fingerprint density at radius 3 is 1.74 bits per heavy atom. The molecule has 3 heteroatoms. The van der Waals surface area contributed by atoms with Crippen LogP contribution in [0.4, 0.5) is 0 Å². The second-order valence-electron chi connectivity index (χ2n) is 15.7. The molecule has 0 aliphatic heterocycles. The second kappa shape index (κ2) is 14.3. The summed E-state index contributed by atoms with van der Waals surface area (Å²) < 4.78 is 2.40. The number of hydrogen-bond donors (Lipinski definition) is 0. The molecule has 0 amide bonds. The molecule has 0 radical (unpaired) electrons. The topological polar surface area (TPSA) is 30.7 Å². The highest BCUT2D eigenvalue weighted by Crippen LogP contribution is 2.44. The van der Waals surface area contributed by atoms with Crippen molar-refractivity contribution in [1.29, 1.82) is 0 Å². The molecule has 12 rings (SSSR count). The summed E-state index contributed by atoms with van der Waals surface area (Å²) in [7, 11) is 0. The van der Waals surface area contributed by atoms with Gasteiger partial charge >= 0.3 is 0 Å². The van der Waals surface area contributed by atoms with Crippen LogP contribution in [0.25, 0.3) is 116 Å². The van der Waals surface area contributed by atoms with Crippen molar-refractivity contribution in [3.05, 3.63) is 224 Å². The van der Waals surface area contributed by atoms with Gasteiger partial charge in [-0.05, 0) is 79.3 Å². The monoisotopic (exact) mass is 775 g/mol. The van der Waals surface area contributed by atoms with Crippen LogP contribution in [0.2, 0.25) is 0 Å². The lowest BCUT2D eigenvalue weighted by molar-refractivity contribution is 1.18. The molecule has 284 valence electrons. The Labute approximate surface area is 353 Å². The quantitative estimate of drug-likeness (QED) is 0.124. The number of aromatic nitrogens is 3. The van der Waals surface area contributed by atoms with E-state index in [0.717, 1.165) is 44.9 Å². The van der Waals surface area contributed by atoms with Crippen LogP contribution >= 0.6 is 0 Å². The third-order valence-corrected chi connectivity index (χ3v) is 12.2. The number of rotatable bonds is 6. The van der Waals surface area contributed by atoms with E-state index in [4.69, 9.17) is 9.97 Å². The summed E-state index contributed by atoms with van der Waals surface area (Å²) in [5, 5.41) is 9.86. The van der Waals surface area contributed by atoms with Gasteiger partial charge in [-0.1, -0.05) is 194 Å². The minimum atomic E-state index is 0.692. The zero-order valence-corrected chi connectivity index (χ0v) is 33.2. The highest BCUT2D eigenvalue weighted by atomic mass is 15.0. The molecular weight excluding hydrogens is 739 g/mol. The Kier molecular flexibility index (Phi) is 8.17. The molecule has 10 aromatic carbocycles. The van der Waals surface area contributed by atoms with E-state index in [1.165, 1.54) is 65.3 Å². The van der Waals surface area contributed by atoms with Crippen molar-refractivity contribution < 1.29 is 0 Å². The summed E-state index contributed by atoms with van der Waals surface area (Å²) in [6.45, 7) is 0. The van der Waals surface area contributed by atoms with Gasteiger partial charge in [0.05, 0.1) is 22.4 Å². The van der Waals surface area contributed by atoms with Gasteiger partial charge < -0.3 is 4.57 Å². The first kappa shape index (κ1) is 34.9. The molecule has 0 saturated carbocycles. The number of fused-ring (bicyclic) bond motifs is 7. The SMILES string of the molecule is c1ccc(-c2nc(-c3ccc(-c4cccc5c6ccccc6n(-c6ccccc6)c45)cc3)cc(-c3ccccc3-c3c4ccccc4cc4c3ccc3ccccc34)n2)cc1. The lowest BCUT2D eigenvalue weighted by atomic mass is 9.87. The van der Waals surface area contributed by atoms with E-state index in [2.05, 4.69) is 223 Å². The largest absolute Gasteiger partial charge is 0.309 e. The first-order valence-electron chi connectivity index (χ1n) is 20.8. The lowest BCUT2D eigenvalue weighted by Gasteiger charge is -2.17. The lowest BCUT2D eigenvalue weighted by Crippen LogP contribution is -1.98. The molecule has 2 heterocycles. The Bertz CT molecular complexity index is 3620. The van der Waals surface area contributed by atoms with Crippen LogP contribution in [-0.4, -0.2) is 14.5 Å². The fourth-order valence-corrected chi connectivity index (χ4v) is 9.40. The summed E-state index contributed by atoms with van der Waals surface area (Å²) in [5.74, 6) is 0.692. The number of para-hydroxylation sites is 3. The fraction of sp³-hybridized carbons (Fsp3) is 0. The minimum absolute atomic E-state index is 0.692. The molecule has 0 aliphatic carbocycles. The van der Waals surface area contributed by atoms with E-state index in [9.17, 15) is 0 Å². The van der Waals surface area contributed by atoms with E-state index < -0.39 is 0 Å². The van der Waals surface area contributed by atoms with Gasteiger partial charge in [0.25, 0.3) is 0 Å². The second-order valence-corrected chi connectivity index (χ2v) is 15.7. The fourth-order valence-electron chi connectivity index (χ4n) is 9.40. The van der Waals surface area contributed by atoms with Crippen molar-refractivity contribution in [2.24, 2.45) is 0 Å². The average Bonchev–Trinajstić information content (AvgIpc) is 3.68. The van der Waals surface area contributed by atoms with Crippen LogP contribution in [0.15, 0.2) is 224 Å². The molecule has 0 unspecified atom stereocenters. The molecule has 0 saturated heterocycles. The van der Waals surface area contributed by atoms with Crippen LogP contribution in [0.5, 0.6) is 0 Å². The molecular formula is C58H37N3. The number of nitrogens with zero attached hydrogens (tertiary/aromatic N) is 3. The Morgan fingerprint density at radius 1 is 0.311 bits per heavy atom. The van der Waals surface area contributed by atoms with Crippen LogP contribution in [0.1, 0.15) is 0 Å².